The van der Waals surface area contributed by atoms with Crippen LogP contribution < -0.4 is 5.32 Å². The van der Waals surface area contributed by atoms with E-state index in [2.05, 4.69) is 5.32 Å². The Morgan fingerprint density at radius 1 is 1.25 bits per heavy atom. The Labute approximate surface area is 157 Å². The van der Waals surface area contributed by atoms with E-state index < -0.39 is 6.04 Å². The average molecular weight is 389 g/mol. The summed E-state index contributed by atoms with van der Waals surface area (Å²) in [4.78, 5) is 27.4. The molecule has 1 heterocycles. The van der Waals surface area contributed by atoms with Gasteiger partial charge < -0.3 is 10.2 Å². The number of amides is 2. The SMILES string of the molecule is CC(C)[C@H](NC(=O)CSc1cc(Cl)ccc1Cl)C(=O)N1CCCC1. The molecule has 2 rings (SSSR count). The van der Waals surface area contributed by atoms with Crippen molar-refractivity contribution >= 4 is 46.8 Å². The third kappa shape index (κ3) is 5.30. The summed E-state index contributed by atoms with van der Waals surface area (Å²) in [5.74, 6) is 0.0713. The normalized spacial score (nSPS) is 15.6. The fraction of sp³-hybridized carbons (Fsp3) is 0.529. The Bertz CT molecular complexity index is 604. The highest BCUT2D eigenvalue weighted by Gasteiger charge is 2.29. The maximum absolute atomic E-state index is 12.6. The number of rotatable bonds is 6. The van der Waals surface area contributed by atoms with Gasteiger partial charge in [0, 0.05) is 23.0 Å². The third-order valence-corrected chi connectivity index (χ3v) is 5.65. The molecule has 1 atom stereocenters. The Morgan fingerprint density at radius 3 is 2.54 bits per heavy atom. The molecule has 1 aromatic carbocycles. The summed E-state index contributed by atoms with van der Waals surface area (Å²) >= 11 is 13.4. The van der Waals surface area contributed by atoms with Crippen LogP contribution in [0.4, 0.5) is 0 Å². The van der Waals surface area contributed by atoms with Gasteiger partial charge in [0.25, 0.3) is 0 Å². The Morgan fingerprint density at radius 2 is 1.92 bits per heavy atom. The van der Waals surface area contributed by atoms with Gasteiger partial charge in [0.05, 0.1) is 10.8 Å². The van der Waals surface area contributed by atoms with E-state index in [1.807, 2.05) is 18.7 Å². The molecule has 1 saturated heterocycles. The van der Waals surface area contributed by atoms with Crippen LogP contribution in [0.25, 0.3) is 0 Å². The van der Waals surface area contributed by atoms with Crippen LogP contribution >= 0.6 is 35.0 Å². The summed E-state index contributed by atoms with van der Waals surface area (Å²) in [6.07, 6.45) is 2.07. The van der Waals surface area contributed by atoms with E-state index >= 15 is 0 Å². The second-order valence-corrected chi connectivity index (χ2v) is 8.05. The topological polar surface area (TPSA) is 49.4 Å². The van der Waals surface area contributed by atoms with Crippen LogP contribution in [-0.4, -0.2) is 41.6 Å². The lowest BCUT2D eigenvalue weighted by molar-refractivity contribution is -0.136. The maximum atomic E-state index is 12.6. The van der Waals surface area contributed by atoms with Crippen molar-refractivity contribution < 1.29 is 9.59 Å². The number of benzene rings is 1. The van der Waals surface area contributed by atoms with Gasteiger partial charge in [-0.15, -0.1) is 11.8 Å². The molecule has 1 aliphatic rings. The quantitative estimate of drug-likeness (QED) is 0.752. The van der Waals surface area contributed by atoms with E-state index in [9.17, 15) is 9.59 Å². The summed E-state index contributed by atoms with van der Waals surface area (Å²) < 4.78 is 0. The molecule has 2 amide bonds. The van der Waals surface area contributed by atoms with E-state index in [0.29, 0.717) is 10.0 Å². The molecule has 1 N–H and O–H groups in total. The van der Waals surface area contributed by atoms with Crippen LogP contribution in [0.3, 0.4) is 0 Å². The molecular weight excluding hydrogens is 367 g/mol. The predicted octanol–water partition coefficient (Wildman–Crippen LogP) is 3.85. The molecule has 0 bridgehead atoms. The maximum Gasteiger partial charge on any atom is 0.245 e. The number of carbonyl (C=O) groups excluding carboxylic acids is 2. The average Bonchev–Trinajstić information content (AvgIpc) is 3.07. The van der Waals surface area contributed by atoms with Crippen molar-refractivity contribution in [2.24, 2.45) is 5.92 Å². The first-order valence-corrected chi connectivity index (χ1v) is 9.78. The molecule has 0 aliphatic carbocycles. The van der Waals surface area contributed by atoms with Gasteiger partial charge in [-0.25, -0.2) is 0 Å². The van der Waals surface area contributed by atoms with E-state index in [1.54, 1.807) is 18.2 Å². The highest BCUT2D eigenvalue weighted by Crippen LogP contribution is 2.29. The molecule has 1 aromatic rings. The molecule has 0 saturated carbocycles. The lowest BCUT2D eigenvalue weighted by Crippen LogP contribution is -2.51. The van der Waals surface area contributed by atoms with Crippen molar-refractivity contribution in [1.29, 1.82) is 0 Å². The number of hydrogen-bond donors (Lipinski definition) is 1. The van der Waals surface area contributed by atoms with Gasteiger partial charge in [0.15, 0.2) is 0 Å². The molecule has 132 valence electrons. The predicted molar refractivity (Wildman–Crippen MR) is 99.8 cm³/mol. The Hall–Kier alpha value is -0.910. The molecule has 4 nitrogen and oxygen atoms in total. The van der Waals surface area contributed by atoms with Crippen molar-refractivity contribution in [3.63, 3.8) is 0 Å². The van der Waals surface area contributed by atoms with Gasteiger partial charge >= 0.3 is 0 Å². The van der Waals surface area contributed by atoms with Gasteiger partial charge in [0.1, 0.15) is 6.04 Å². The molecular formula is C17H22Cl2N2O2S. The molecule has 0 spiro atoms. The third-order valence-electron chi connectivity index (χ3n) is 3.92. The second kappa shape index (κ2) is 8.97. The van der Waals surface area contributed by atoms with E-state index in [0.717, 1.165) is 30.8 Å². The Kier molecular flexibility index (Phi) is 7.26. The van der Waals surface area contributed by atoms with Gasteiger partial charge in [-0.3, -0.25) is 9.59 Å². The lowest BCUT2D eigenvalue weighted by atomic mass is 10.0. The number of halogens is 2. The van der Waals surface area contributed by atoms with Gasteiger partial charge in [-0.1, -0.05) is 37.0 Å². The first-order chi connectivity index (χ1) is 11.4. The van der Waals surface area contributed by atoms with Crippen LogP contribution in [0.1, 0.15) is 26.7 Å². The summed E-state index contributed by atoms with van der Waals surface area (Å²) in [7, 11) is 0. The summed E-state index contributed by atoms with van der Waals surface area (Å²) in [5, 5.41) is 4.01. The number of hydrogen-bond acceptors (Lipinski definition) is 3. The van der Waals surface area contributed by atoms with E-state index in [4.69, 9.17) is 23.2 Å². The van der Waals surface area contributed by atoms with Gasteiger partial charge in [0.2, 0.25) is 11.8 Å². The summed E-state index contributed by atoms with van der Waals surface area (Å²) in [6.45, 7) is 5.45. The zero-order valence-corrected chi connectivity index (χ0v) is 16.2. The molecule has 0 aromatic heterocycles. The first-order valence-electron chi connectivity index (χ1n) is 8.04. The zero-order chi connectivity index (χ0) is 17.7. The van der Waals surface area contributed by atoms with Crippen molar-refractivity contribution in [2.75, 3.05) is 18.8 Å². The minimum atomic E-state index is -0.481. The fourth-order valence-corrected chi connectivity index (χ4v) is 3.90. The van der Waals surface area contributed by atoms with Crippen LogP contribution in [0.2, 0.25) is 10.0 Å². The van der Waals surface area contributed by atoms with Crippen molar-refractivity contribution in [3.05, 3.63) is 28.2 Å². The Balaban J connectivity index is 1.93. The molecule has 1 aliphatic heterocycles. The zero-order valence-electron chi connectivity index (χ0n) is 13.9. The number of nitrogens with zero attached hydrogens (tertiary/aromatic N) is 1. The van der Waals surface area contributed by atoms with E-state index in [-0.39, 0.29) is 23.5 Å². The smallest absolute Gasteiger partial charge is 0.245 e. The molecule has 0 unspecified atom stereocenters. The number of carbonyl (C=O) groups is 2. The monoisotopic (exact) mass is 388 g/mol. The molecule has 1 fully saturated rings. The summed E-state index contributed by atoms with van der Waals surface area (Å²) in [6, 6.07) is 4.66. The standard InChI is InChI=1S/C17H22Cl2N2O2S/c1-11(2)16(17(23)21-7-3-4-8-21)20-15(22)10-24-14-9-12(18)5-6-13(14)19/h5-6,9,11,16H,3-4,7-8,10H2,1-2H3,(H,20,22)/t16-/m0/s1. The number of likely N-dealkylation sites (tertiary alicyclic amines) is 1. The minimum absolute atomic E-state index is 0.0154. The second-order valence-electron chi connectivity index (χ2n) is 6.19. The van der Waals surface area contributed by atoms with Crippen molar-refractivity contribution in [3.8, 4) is 0 Å². The van der Waals surface area contributed by atoms with Gasteiger partial charge in [-0.05, 0) is 37.0 Å². The molecule has 0 radical (unpaired) electrons. The minimum Gasteiger partial charge on any atom is -0.343 e. The fourth-order valence-electron chi connectivity index (χ4n) is 2.59. The van der Waals surface area contributed by atoms with Crippen LogP contribution in [0.15, 0.2) is 23.1 Å². The first kappa shape index (κ1) is 19.4. The molecule has 24 heavy (non-hydrogen) atoms. The van der Waals surface area contributed by atoms with Gasteiger partial charge in [-0.2, -0.15) is 0 Å². The van der Waals surface area contributed by atoms with Crippen LogP contribution in [0, 0.1) is 5.92 Å². The summed E-state index contributed by atoms with van der Waals surface area (Å²) in [5.41, 5.74) is 0. The van der Waals surface area contributed by atoms with Crippen molar-refractivity contribution in [2.45, 2.75) is 37.6 Å². The van der Waals surface area contributed by atoms with Crippen LogP contribution in [-0.2, 0) is 9.59 Å². The van der Waals surface area contributed by atoms with Crippen LogP contribution in [0.5, 0.6) is 0 Å². The number of thioether (sulfide) groups is 1. The molecule has 7 heteroatoms. The van der Waals surface area contributed by atoms with E-state index in [1.165, 1.54) is 11.8 Å². The number of nitrogens with one attached hydrogen (secondary N) is 1. The lowest BCUT2D eigenvalue weighted by Gasteiger charge is -2.26. The highest BCUT2D eigenvalue weighted by atomic mass is 35.5. The largest absolute Gasteiger partial charge is 0.343 e. The highest BCUT2D eigenvalue weighted by molar-refractivity contribution is 8.00. The van der Waals surface area contributed by atoms with Crippen molar-refractivity contribution in [1.82, 2.24) is 10.2 Å².